The van der Waals surface area contributed by atoms with Crippen LogP contribution in [0.15, 0.2) is 21.0 Å². The molecule has 6 heteroatoms. The quantitative estimate of drug-likeness (QED) is 0.679. The Labute approximate surface area is 136 Å². The number of carbonyl (C=O) groups excluding carboxylic acids is 1. The first-order chi connectivity index (χ1) is 10.2. The van der Waals surface area contributed by atoms with Crippen molar-refractivity contribution in [3.8, 4) is 0 Å². The van der Waals surface area contributed by atoms with Crippen LogP contribution in [-0.4, -0.2) is 23.1 Å². The molecule has 0 fully saturated rings. The third-order valence-electron chi connectivity index (χ3n) is 3.50. The van der Waals surface area contributed by atoms with Crippen molar-refractivity contribution in [3.63, 3.8) is 0 Å². The zero-order valence-corrected chi connectivity index (χ0v) is 14.3. The van der Waals surface area contributed by atoms with E-state index in [1.165, 1.54) is 6.07 Å². The van der Waals surface area contributed by atoms with E-state index >= 15 is 0 Å². The minimum absolute atomic E-state index is 0.249. The Hall–Kier alpha value is -1.56. The van der Waals surface area contributed by atoms with E-state index in [1.807, 2.05) is 26.8 Å². The van der Waals surface area contributed by atoms with Gasteiger partial charge in [-0.1, -0.05) is 15.9 Å². The van der Waals surface area contributed by atoms with Crippen LogP contribution in [0.4, 0.5) is 9.18 Å². The largest absolute Gasteiger partial charge is 0.458 e. The van der Waals surface area contributed by atoms with Crippen molar-refractivity contribution in [3.05, 3.63) is 33.7 Å². The fourth-order valence-electron chi connectivity index (χ4n) is 2.59. The van der Waals surface area contributed by atoms with Gasteiger partial charge in [-0.3, -0.25) is 0 Å². The van der Waals surface area contributed by atoms with Crippen molar-refractivity contribution >= 4 is 33.0 Å². The second-order valence-corrected chi connectivity index (χ2v) is 7.34. The van der Waals surface area contributed by atoms with Gasteiger partial charge < -0.3 is 14.1 Å². The highest BCUT2D eigenvalue weighted by Gasteiger charge is 2.29. The molecule has 1 amide bonds. The van der Waals surface area contributed by atoms with Crippen molar-refractivity contribution in [1.82, 2.24) is 4.90 Å². The maximum atomic E-state index is 14.0. The molecule has 1 aromatic heterocycles. The van der Waals surface area contributed by atoms with Gasteiger partial charge in [0.15, 0.2) is 11.4 Å². The number of hydrogen-bond donors (Lipinski definition) is 0. The van der Waals surface area contributed by atoms with Crippen LogP contribution in [0.25, 0.3) is 11.0 Å². The molecule has 1 aromatic carbocycles. The lowest BCUT2D eigenvalue weighted by Crippen LogP contribution is -2.39. The van der Waals surface area contributed by atoms with Gasteiger partial charge >= 0.3 is 6.09 Å². The van der Waals surface area contributed by atoms with Gasteiger partial charge in [0.25, 0.3) is 0 Å². The molecule has 1 aliphatic heterocycles. The van der Waals surface area contributed by atoms with Crippen LogP contribution in [0.5, 0.6) is 0 Å². The number of halogens is 2. The molecule has 22 heavy (non-hydrogen) atoms. The number of rotatable bonds is 0. The molecule has 2 aromatic rings. The van der Waals surface area contributed by atoms with Crippen molar-refractivity contribution in [2.24, 2.45) is 0 Å². The molecule has 0 saturated heterocycles. The monoisotopic (exact) mass is 369 g/mol. The Morgan fingerprint density at radius 2 is 2.14 bits per heavy atom. The molecule has 0 aliphatic carbocycles. The zero-order valence-electron chi connectivity index (χ0n) is 12.7. The van der Waals surface area contributed by atoms with Crippen molar-refractivity contribution in [2.45, 2.75) is 39.3 Å². The summed E-state index contributed by atoms with van der Waals surface area (Å²) in [5.74, 6) is 0.342. The minimum Gasteiger partial charge on any atom is -0.458 e. The van der Waals surface area contributed by atoms with Gasteiger partial charge in [0, 0.05) is 28.4 Å². The summed E-state index contributed by atoms with van der Waals surface area (Å²) < 4.78 is 25.7. The Bertz CT molecular complexity index is 748. The Morgan fingerprint density at radius 1 is 1.41 bits per heavy atom. The highest BCUT2D eigenvalue weighted by molar-refractivity contribution is 9.10. The maximum Gasteiger partial charge on any atom is 0.410 e. The van der Waals surface area contributed by atoms with E-state index in [0.29, 0.717) is 29.4 Å². The second kappa shape index (κ2) is 5.26. The molecule has 118 valence electrons. The highest BCUT2D eigenvalue weighted by Crippen LogP contribution is 2.34. The molecular formula is C16H17BrFNO3. The van der Waals surface area contributed by atoms with E-state index in [-0.39, 0.29) is 11.7 Å². The van der Waals surface area contributed by atoms with E-state index in [2.05, 4.69) is 15.9 Å². The first-order valence-electron chi connectivity index (χ1n) is 7.12. The van der Waals surface area contributed by atoms with Gasteiger partial charge in [-0.2, -0.15) is 0 Å². The van der Waals surface area contributed by atoms with Crippen LogP contribution in [-0.2, 0) is 17.7 Å². The number of carbonyl (C=O) groups is 1. The SMILES string of the molecule is CC(C)(C)OC(=O)N1CCc2oc3c(F)cc(Br)cc3c2C1. The van der Waals surface area contributed by atoms with E-state index in [4.69, 9.17) is 9.15 Å². The summed E-state index contributed by atoms with van der Waals surface area (Å²) in [6.07, 6.45) is 0.198. The maximum absolute atomic E-state index is 14.0. The van der Waals surface area contributed by atoms with Gasteiger partial charge in [-0.25, -0.2) is 9.18 Å². The Kier molecular flexibility index (Phi) is 3.67. The van der Waals surface area contributed by atoms with Gasteiger partial charge in [0.1, 0.15) is 11.4 Å². The fraction of sp³-hybridized carbons (Fsp3) is 0.438. The number of amides is 1. The number of nitrogens with zero attached hydrogens (tertiary/aromatic N) is 1. The van der Waals surface area contributed by atoms with E-state index in [0.717, 1.165) is 11.3 Å². The number of fused-ring (bicyclic) bond motifs is 3. The molecule has 0 spiro atoms. The molecule has 1 aliphatic rings. The summed E-state index contributed by atoms with van der Waals surface area (Å²) >= 11 is 3.29. The van der Waals surface area contributed by atoms with Crippen LogP contribution in [0.2, 0.25) is 0 Å². The number of ether oxygens (including phenoxy) is 1. The van der Waals surface area contributed by atoms with Gasteiger partial charge in [0.05, 0.1) is 6.54 Å². The van der Waals surface area contributed by atoms with E-state index in [9.17, 15) is 9.18 Å². The summed E-state index contributed by atoms with van der Waals surface area (Å²) in [7, 11) is 0. The zero-order chi connectivity index (χ0) is 16.1. The first-order valence-corrected chi connectivity index (χ1v) is 7.91. The van der Waals surface area contributed by atoms with Gasteiger partial charge in [-0.15, -0.1) is 0 Å². The average molecular weight is 370 g/mol. The lowest BCUT2D eigenvalue weighted by molar-refractivity contribution is 0.0220. The van der Waals surface area contributed by atoms with E-state index in [1.54, 1.807) is 4.90 Å². The number of benzene rings is 1. The first kappa shape index (κ1) is 15.3. The summed E-state index contributed by atoms with van der Waals surface area (Å²) in [6, 6.07) is 3.20. The molecule has 0 bridgehead atoms. The smallest absolute Gasteiger partial charge is 0.410 e. The third-order valence-corrected chi connectivity index (χ3v) is 3.96. The van der Waals surface area contributed by atoms with Crippen LogP contribution >= 0.6 is 15.9 Å². The average Bonchev–Trinajstić information content (AvgIpc) is 2.75. The predicted molar refractivity (Wildman–Crippen MR) is 84.2 cm³/mol. The standard InChI is InChI=1S/C16H17BrFNO3/c1-16(2,3)22-15(20)19-5-4-13-11(8-19)10-6-9(17)7-12(18)14(10)21-13/h6-7H,4-5,8H2,1-3H3. The normalized spacial score (nSPS) is 15.0. The lowest BCUT2D eigenvalue weighted by atomic mass is 10.1. The summed E-state index contributed by atoms with van der Waals surface area (Å²) in [5.41, 5.74) is 0.567. The molecule has 0 N–H and O–H groups in total. The van der Waals surface area contributed by atoms with Crippen molar-refractivity contribution in [1.29, 1.82) is 0 Å². The molecule has 0 saturated carbocycles. The van der Waals surface area contributed by atoms with Crippen LogP contribution < -0.4 is 0 Å². The molecule has 2 heterocycles. The predicted octanol–water partition coefficient (Wildman–Crippen LogP) is 4.63. The summed E-state index contributed by atoms with van der Waals surface area (Å²) in [5, 5.41) is 0.704. The highest BCUT2D eigenvalue weighted by atomic mass is 79.9. The number of furan rings is 1. The van der Waals surface area contributed by atoms with Crippen LogP contribution in [0, 0.1) is 5.82 Å². The topological polar surface area (TPSA) is 42.7 Å². The molecule has 4 nitrogen and oxygen atoms in total. The molecule has 3 rings (SSSR count). The molecule has 0 radical (unpaired) electrons. The molecular weight excluding hydrogens is 353 g/mol. The lowest BCUT2D eigenvalue weighted by Gasteiger charge is -2.29. The molecule has 0 unspecified atom stereocenters. The summed E-state index contributed by atoms with van der Waals surface area (Å²) in [6.45, 7) is 6.37. The third kappa shape index (κ3) is 2.84. The van der Waals surface area contributed by atoms with Crippen molar-refractivity contribution < 1.29 is 18.3 Å². The van der Waals surface area contributed by atoms with Gasteiger partial charge in [-0.05, 0) is 32.9 Å². The summed E-state index contributed by atoms with van der Waals surface area (Å²) in [4.78, 5) is 13.8. The van der Waals surface area contributed by atoms with Crippen LogP contribution in [0.3, 0.4) is 0 Å². The van der Waals surface area contributed by atoms with Crippen LogP contribution in [0.1, 0.15) is 32.1 Å². The van der Waals surface area contributed by atoms with Crippen molar-refractivity contribution in [2.75, 3.05) is 6.54 Å². The van der Waals surface area contributed by atoms with Gasteiger partial charge in [0.2, 0.25) is 0 Å². The Morgan fingerprint density at radius 3 is 2.82 bits per heavy atom. The second-order valence-electron chi connectivity index (χ2n) is 6.42. The number of hydrogen-bond acceptors (Lipinski definition) is 3. The molecule has 0 atom stereocenters. The van der Waals surface area contributed by atoms with E-state index < -0.39 is 11.4 Å². The Balaban J connectivity index is 1.94. The minimum atomic E-state index is -0.537. The fourth-order valence-corrected chi connectivity index (χ4v) is 3.02.